The topological polar surface area (TPSA) is 97.6 Å². The molecular formula is C23H26N2O5S. The van der Waals surface area contributed by atoms with Crippen LogP contribution in [-0.4, -0.2) is 27.5 Å². The lowest BCUT2D eigenvalue weighted by Crippen LogP contribution is -2.30. The minimum atomic E-state index is -3.56. The largest absolute Gasteiger partial charge is 0.497 e. The molecule has 2 aromatic carbocycles. The van der Waals surface area contributed by atoms with E-state index < -0.39 is 10.0 Å². The fourth-order valence-electron chi connectivity index (χ4n) is 2.98. The van der Waals surface area contributed by atoms with Crippen molar-refractivity contribution in [2.75, 3.05) is 12.4 Å². The molecule has 0 saturated heterocycles. The summed E-state index contributed by atoms with van der Waals surface area (Å²) in [5.41, 5.74) is 1.46. The van der Waals surface area contributed by atoms with Gasteiger partial charge in [0.2, 0.25) is 15.9 Å². The van der Waals surface area contributed by atoms with Crippen molar-refractivity contribution in [3.8, 4) is 17.1 Å². The van der Waals surface area contributed by atoms with Crippen LogP contribution in [0.15, 0.2) is 70.0 Å². The van der Waals surface area contributed by atoms with Gasteiger partial charge in [-0.2, -0.15) is 0 Å². The van der Waals surface area contributed by atoms with Crippen LogP contribution in [-0.2, 0) is 21.2 Å². The zero-order chi connectivity index (χ0) is 22.4. The van der Waals surface area contributed by atoms with Crippen molar-refractivity contribution in [1.29, 1.82) is 0 Å². The lowest BCUT2D eigenvalue weighted by Gasteiger charge is -2.10. The number of carbonyl (C=O) groups excluding carboxylic acids is 1. The van der Waals surface area contributed by atoms with Crippen LogP contribution in [0.4, 0.5) is 5.69 Å². The molecular weight excluding hydrogens is 416 g/mol. The first-order valence-corrected chi connectivity index (χ1v) is 11.4. The Bertz CT molecular complexity index is 1120. The summed E-state index contributed by atoms with van der Waals surface area (Å²) in [5, 5.41) is 2.77. The van der Waals surface area contributed by atoms with Crippen molar-refractivity contribution in [2.45, 2.75) is 37.6 Å². The number of nitrogens with one attached hydrogen (secondary N) is 2. The summed E-state index contributed by atoms with van der Waals surface area (Å²) in [6.07, 6.45) is 0.692. The third-order valence-electron chi connectivity index (χ3n) is 4.47. The van der Waals surface area contributed by atoms with Crippen LogP contribution < -0.4 is 14.8 Å². The van der Waals surface area contributed by atoms with Crippen LogP contribution in [0.2, 0.25) is 0 Å². The normalized spacial score (nSPS) is 11.5. The minimum absolute atomic E-state index is 0.154. The van der Waals surface area contributed by atoms with Gasteiger partial charge in [-0.15, -0.1) is 0 Å². The molecule has 0 saturated carbocycles. The number of ether oxygens (including phenoxy) is 1. The Kier molecular flexibility index (Phi) is 7.14. The first-order chi connectivity index (χ1) is 14.8. The van der Waals surface area contributed by atoms with Gasteiger partial charge >= 0.3 is 0 Å². The first-order valence-electron chi connectivity index (χ1n) is 9.92. The van der Waals surface area contributed by atoms with Crippen LogP contribution in [0.1, 0.15) is 26.0 Å². The summed E-state index contributed by atoms with van der Waals surface area (Å²) in [4.78, 5) is 12.4. The molecule has 164 valence electrons. The second-order valence-corrected chi connectivity index (χ2v) is 9.06. The third kappa shape index (κ3) is 6.19. The molecule has 1 heterocycles. The number of aryl methyl sites for hydroxylation is 1. The Labute approximate surface area is 182 Å². The van der Waals surface area contributed by atoms with Gasteiger partial charge in [0.25, 0.3) is 0 Å². The molecule has 3 rings (SSSR count). The van der Waals surface area contributed by atoms with Crippen molar-refractivity contribution < 1.29 is 22.4 Å². The zero-order valence-electron chi connectivity index (χ0n) is 17.7. The molecule has 1 aromatic heterocycles. The van der Waals surface area contributed by atoms with E-state index in [-0.39, 0.29) is 23.3 Å². The second kappa shape index (κ2) is 9.80. The molecule has 0 aliphatic heterocycles. The quantitative estimate of drug-likeness (QED) is 0.517. The van der Waals surface area contributed by atoms with Gasteiger partial charge in [0, 0.05) is 30.1 Å². The predicted molar refractivity (Wildman–Crippen MR) is 120 cm³/mol. The highest BCUT2D eigenvalue weighted by atomic mass is 32.2. The van der Waals surface area contributed by atoms with E-state index in [0.29, 0.717) is 17.9 Å². The van der Waals surface area contributed by atoms with E-state index in [9.17, 15) is 13.2 Å². The second-order valence-electron chi connectivity index (χ2n) is 7.34. The maximum atomic E-state index is 12.3. The van der Waals surface area contributed by atoms with E-state index in [1.807, 2.05) is 36.4 Å². The van der Waals surface area contributed by atoms with Crippen molar-refractivity contribution in [2.24, 2.45) is 0 Å². The number of amides is 1. The zero-order valence-corrected chi connectivity index (χ0v) is 18.5. The number of hydrogen-bond donors (Lipinski definition) is 2. The van der Waals surface area contributed by atoms with E-state index >= 15 is 0 Å². The van der Waals surface area contributed by atoms with Crippen LogP contribution in [0.25, 0.3) is 11.3 Å². The maximum Gasteiger partial charge on any atom is 0.240 e. The standard InChI is InChI=1S/C23H26N2O5S/c1-16(2)25-31(27,28)21-12-6-18(7-13-21)24-23(26)15-11-20-10-14-22(30-20)17-4-8-19(29-3)9-5-17/h4-10,12-14,16,25H,11,15H2,1-3H3,(H,24,26). The van der Waals surface area contributed by atoms with E-state index in [0.717, 1.165) is 17.1 Å². The molecule has 0 atom stereocenters. The van der Waals surface area contributed by atoms with Gasteiger partial charge in [-0.05, 0) is 74.5 Å². The van der Waals surface area contributed by atoms with Gasteiger partial charge in [0.1, 0.15) is 17.3 Å². The number of anilines is 1. The molecule has 7 nitrogen and oxygen atoms in total. The van der Waals surface area contributed by atoms with E-state index in [1.54, 1.807) is 33.1 Å². The SMILES string of the molecule is COc1ccc(-c2ccc(CCC(=O)Nc3ccc(S(=O)(=O)NC(C)C)cc3)o2)cc1. The molecule has 0 aliphatic rings. The fourth-order valence-corrected chi connectivity index (χ4v) is 4.23. The van der Waals surface area contributed by atoms with Crippen molar-refractivity contribution in [3.05, 3.63) is 66.4 Å². The summed E-state index contributed by atoms with van der Waals surface area (Å²) in [6.45, 7) is 3.51. The van der Waals surface area contributed by atoms with Crippen LogP contribution in [0, 0.1) is 0 Å². The fraction of sp³-hybridized carbons (Fsp3) is 0.261. The van der Waals surface area contributed by atoms with Crippen LogP contribution in [0.5, 0.6) is 5.75 Å². The molecule has 0 unspecified atom stereocenters. The van der Waals surface area contributed by atoms with Gasteiger partial charge < -0.3 is 14.5 Å². The Morgan fingerprint density at radius 1 is 1.00 bits per heavy atom. The van der Waals surface area contributed by atoms with Gasteiger partial charge in [-0.1, -0.05) is 0 Å². The molecule has 1 amide bonds. The lowest BCUT2D eigenvalue weighted by atomic mass is 10.2. The third-order valence-corrected chi connectivity index (χ3v) is 6.15. The summed E-state index contributed by atoms with van der Waals surface area (Å²) in [6, 6.07) is 17.2. The minimum Gasteiger partial charge on any atom is -0.497 e. The molecule has 0 spiro atoms. The number of carbonyl (C=O) groups is 1. The molecule has 8 heteroatoms. The molecule has 2 N–H and O–H groups in total. The van der Waals surface area contributed by atoms with Crippen LogP contribution in [0.3, 0.4) is 0 Å². The smallest absolute Gasteiger partial charge is 0.240 e. The number of methoxy groups -OCH3 is 1. The number of benzene rings is 2. The van der Waals surface area contributed by atoms with Crippen molar-refractivity contribution >= 4 is 21.6 Å². The van der Waals surface area contributed by atoms with Crippen LogP contribution >= 0.6 is 0 Å². The van der Waals surface area contributed by atoms with E-state index in [1.165, 1.54) is 12.1 Å². The Hall–Kier alpha value is -3.10. The van der Waals surface area contributed by atoms with Gasteiger partial charge in [0.15, 0.2) is 0 Å². The van der Waals surface area contributed by atoms with Crippen molar-refractivity contribution in [1.82, 2.24) is 4.72 Å². The molecule has 3 aromatic rings. The first kappa shape index (κ1) is 22.6. The average molecular weight is 443 g/mol. The lowest BCUT2D eigenvalue weighted by molar-refractivity contribution is -0.116. The number of furan rings is 1. The monoisotopic (exact) mass is 442 g/mol. The van der Waals surface area contributed by atoms with Gasteiger partial charge in [-0.3, -0.25) is 4.79 Å². The molecule has 0 radical (unpaired) electrons. The number of sulfonamides is 1. The van der Waals surface area contributed by atoms with E-state index in [2.05, 4.69) is 10.0 Å². The Balaban J connectivity index is 1.54. The molecule has 0 aliphatic carbocycles. The summed E-state index contributed by atoms with van der Waals surface area (Å²) < 4.78 is 37.8. The Morgan fingerprint density at radius 2 is 1.68 bits per heavy atom. The van der Waals surface area contributed by atoms with E-state index in [4.69, 9.17) is 9.15 Å². The highest BCUT2D eigenvalue weighted by Crippen LogP contribution is 2.25. The molecule has 0 bridgehead atoms. The number of rotatable bonds is 9. The summed E-state index contributed by atoms with van der Waals surface area (Å²) >= 11 is 0. The Morgan fingerprint density at radius 3 is 2.29 bits per heavy atom. The van der Waals surface area contributed by atoms with Gasteiger partial charge in [-0.25, -0.2) is 13.1 Å². The summed E-state index contributed by atoms with van der Waals surface area (Å²) in [5.74, 6) is 2.03. The molecule has 31 heavy (non-hydrogen) atoms. The predicted octanol–water partition coefficient (Wildman–Crippen LogP) is 4.21. The van der Waals surface area contributed by atoms with Crippen molar-refractivity contribution in [3.63, 3.8) is 0 Å². The van der Waals surface area contributed by atoms with Gasteiger partial charge in [0.05, 0.1) is 12.0 Å². The molecule has 0 fully saturated rings. The number of hydrogen-bond acceptors (Lipinski definition) is 5. The average Bonchev–Trinajstić information content (AvgIpc) is 3.21. The highest BCUT2D eigenvalue weighted by molar-refractivity contribution is 7.89. The highest BCUT2D eigenvalue weighted by Gasteiger charge is 2.15. The summed E-state index contributed by atoms with van der Waals surface area (Å²) in [7, 11) is -1.94. The maximum absolute atomic E-state index is 12.3.